The van der Waals surface area contributed by atoms with E-state index < -0.39 is 0 Å². The average molecular weight is 351 g/mol. The molecule has 0 fully saturated rings. The van der Waals surface area contributed by atoms with Crippen molar-refractivity contribution in [2.45, 2.75) is 13.8 Å². The van der Waals surface area contributed by atoms with Crippen LogP contribution in [0.3, 0.4) is 0 Å². The van der Waals surface area contributed by atoms with Crippen LogP contribution in [0, 0.1) is 13.8 Å². The highest BCUT2D eigenvalue weighted by molar-refractivity contribution is 6.13. The summed E-state index contributed by atoms with van der Waals surface area (Å²) in [5.41, 5.74) is 5.74. The van der Waals surface area contributed by atoms with Gasteiger partial charge >= 0.3 is 0 Å². The van der Waals surface area contributed by atoms with Crippen molar-refractivity contribution in [2.24, 2.45) is 0 Å². The zero-order valence-corrected chi connectivity index (χ0v) is 15.7. The van der Waals surface area contributed by atoms with Gasteiger partial charge in [0.25, 0.3) is 5.84 Å². The fraction of sp³-hybridized carbons (Fsp3) is 0.0800. The van der Waals surface area contributed by atoms with Gasteiger partial charge in [0.05, 0.1) is 5.56 Å². The summed E-state index contributed by atoms with van der Waals surface area (Å²) >= 11 is 0. The smallest absolute Gasteiger partial charge is 0.240 e. The molecular formula is C25H23N2+. The van der Waals surface area contributed by atoms with Crippen LogP contribution in [0.2, 0.25) is 0 Å². The molecule has 0 heterocycles. The van der Waals surface area contributed by atoms with Crippen LogP contribution in [-0.2, 0) is 0 Å². The van der Waals surface area contributed by atoms with E-state index in [1.807, 2.05) is 0 Å². The lowest BCUT2D eigenvalue weighted by atomic mass is 10.0. The first-order valence-corrected chi connectivity index (χ1v) is 9.21. The second-order valence-corrected chi connectivity index (χ2v) is 6.89. The summed E-state index contributed by atoms with van der Waals surface area (Å²) in [4.78, 5) is 3.60. The first-order chi connectivity index (χ1) is 13.2. The molecule has 132 valence electrons. The molecule has 0 unspecified atom stereocenters. The van der Waals surface area contributed by atoms with E-state index in [1.165, 1.54) is 21.9 Å². The van der Waals surface area contributed by atoms with Gasteiger partial charge in [0.1, 0.15) is 11.4 Å². The van der Waals surface area contributed by atoms with Gasteiger partial charge in [0, 0.05) is 0 Å². The molecule has 0 amide bonds. The van der Waals surface area contributed by atoms with Crippen molar-refractivity contribution in [1.82, 2.24) is 0 Å². The molecule has 4 aromatic carbocycles. The summed E-state index contributed by atoms with van der Waals surface area (Å²) in [7, 11) is 0. The number of anilines is 1. The van der Waals surface area contributed by atoms with Crippen molar-refractivity contribution < 1.29 is 4.99 Å². The highest BCUT2D eigenvalue weighted by Crippen LogP contribution is 2.20. The predicted octanol–water partition coefficient (Wildman–Crippen LogP) is 4.73. The van der Waals surface area contributed by atoms with E-state index in [-0.39, 0.29) is 0 Å². The minimum absolute atomic E-state index is 0.975. The number of nitrogens with one attached hydrogen (secondary N) is 2. The summed E-state index contributed by atoms with van der Waals surface area (Å²) in [6.07, 6.45) is 0. The number of hydrogen-bond acceptors (Lipinski definition) is 0. The lowest BCUT2D eigenvalue weighted by Gasteiger charge is -2.08. The number of hydrogen-bond donors (Lipinski definition) is 2. The van der Waals surface area contributed by atoms with Gasteiger partial charge < -0.3 is 0 Å². The Labute approximate surface area is 160 Å². The van der Waals surface area contributed by atoms with Gasteiger partial charge in [0.15, 0.2) is 0 Å². The average Bonchev–Trinajstić information content (AvgIpc) is 2.67. The van der Waals surface area contributed by atoms with Gasteiger partial charge in [-0.1, -0.05) is 60.7 Å². The van der Waals surface area contributed by atoms with Gasteiger partial charge in [-0.3, -0.25) is 0 Å². The highest BCUT2D eigenvalue weighted by Gasteiger charge is 2.15. The third-order valence-electron chi connectivity index (χ3n) is 4.63. The van der Waals surface area contributed by atoms with Crippen LogP contribution >= 0.6 is 0 Å². The summed E-state index contributed by atoms with van der Waals surface area (Å²) in [6.45, 7) is 4.22. The van der Waals surface area contributed by atoms with E-state index in [0.717, 1.165) is 22.8 Å². The number of amidine groups is 1. The van der Waals surface area contributed by atoms with Crippen LogP contribution in [0.4, 0.5) is 11.4 Å². The monoisotopic (exact) mass is 351 g/mol. The van der Waals surface area contributed by atoms with Crippen molar-refractivity contribution in [1.29, 1.82) is 0 Å². The molecule has 2 nitrogen and oxygen atoms in total. The van der Waals surface area contributed by atoms with Crippen LogP contribution in [0.25, 0.3) is 10.8 Å². The van der Waals surface area contributed by atoms with Crippen LogP contribution < -0.4 is 10.3 Å². The zero-order valence-electron chi connectivity index (χ0n) is 15.7. The zero-order chi connectivity index (χ0) is 18.6. The number of rotatable bonds is 3. The van der Waals surface area contributed by atoms with Crippen molar-refractivity contribution in [3.8, 4) is 0 Å². The second-order valence-electron chi connectivity index (χ2n) is 6.89. The number of aryl methyl sites for hydroxylation is 2. The summed E-state index contributed by atoms with van der Waals surface area (Å²) in [5, 5.41) is 6.05. The van der Waals surface area contributed by atoms with Crippen LogP contribution in [0.1, 0.15) is 16.7 Å². The van der Waals surface area contributed by atoms with E-state index in [4.69, 9.17) is 0 Å². The predicted molar refractivity (Wildman–Crippen MR) is 115 cm³/mol. The molecule has 2 N–H and O–H groups in total. The molecule has 0 bridgehead atoms. The second kappa shape index (κ2) is 7.46. The minimum Gasteiger partial charge on any atom is -0.240 e. The molecule has 0 aliphatic heterocycles. The van der Waals surface area contributed by atoms with Gasteiger partial charge in [-0.2, -0.15) is 0 Å². The Balaban J connectivity index is 1.87. The molecule has 2 heteroatoms. The standard InChI is InChI=1S/C25H22N2/c1-18-8-5-12-21(16-18)26-25(27-22-13-6-9-19(2)17-22)24-15-7-11-20-10-3-4-14-23(20)24/h3-17H,1-2H3,(H,26,27)/p+1. The van der Waals surface area contributed by atoms with E-state index >= 15 is 0 Å². The molecule has 0 aliphatic carbocycles. The molecule has 0 saturated carbocycles. The topological polar surface area (TPSA) is 26.0 Å². The molecule has 0 aliphatic rings. The Morgan fingerprint density at radius 3 is 2.22 bits per heavy atom. The van der Waals surface area contributed by atoms with Crippen molar-refractivity contribution >= 4 is 28.0 Å². The van der Waals surface area contributed by atoms with Gasteiger partial charge in [-0.05, 0) is 66.1 Å². The Morgan fingerprint density at radius 1 is 0.704 bits per heavy atom. The summed E-state index contributed by atoms with van der Waals surface area (Å²) in [5.74, 6) is 0.975. The van der Waals surface area contributed by atoms with E-state index in [2.05, 4.69) is 115 Å². The first-order valence-electron chi connectivity index (χ1n) is 9.21. The maximum Gasteiger partial charge on any atom is 0.285 e. The Hall–Kier alpha value is -3.39. The van der Waals surface area contributed by atoms with Gasteiger partial charge in [0.2, 0.25) is 0 Å². The highest BCUT2D eigenvalue weighted by atomic mass is 15.0. The van der Waals surface area contributed by atoms with Gasteiger partial charge in [-0.15, -0.1) is 0 Å². The Bertz CT molecular complexity index is 1120. The molecular weight excluding hydrogens is 328 g/mol. The first kappa shape index (κ1) is 17.0. The summed E-state index contributed by atoms with van der Waals surface area (Å²) < 4.78 is 0. The van der Waals surface area contributed by atoms with Gasteiger partial charge in [-0.25, -0.2) is 10.3 Å². The maximum absolute atomic E-state index is 3.60. The molecule has 4 rings (SSSR count). The summed E-state index contributed by atoms with van der Waals surface area (Å²) in [6, 6.07) is 31.8. The molecule has 0 atom stereocenters. The molecule has 0 radical (unpaired) electrons. The van der Waals surface area contributed by atoms with Crippen molar-refractivity contribution in [2.75, 3.05) is 5.32 Å². The maximum atomic E-state index is 3.60. The molecule has 4 aromatic rings. The number of fused-ring (bicyclic) bond motifs is 1. The van der Waals surface area contributed by atoms with Crippen LogP contribution in [0.5, 0.6) is 0 Å². The molecule has 27 heavy (non-hydrogen) atoms. The minimum atomic E-state index is 0.975. The van der Waals surface area contributed by atoms with Crippen LogP contribution in [0.15, 0.2) is 91.0 Å². The van der Waals surface area contributed by atoms with E-state index in [1.54, 1.807) is 0 Å². The quantitative estimate of drug-likeness (QED) is 0.405. The lowest BCUT2D eigenvalue weighted by Crippen LogP contribution is -2.68. The van der Waals surface area contributed by atoms with Crippen molar-refractivity contribution in [3.05, 3.63) is 108 Å². The Morgan fingerprint density at radius 2 is 1.41 bits per heavy atom. The largest absolute Gasteiger partial charge is 0.285 e. The van der Waals surface area contributed by atoms with E-state index in [9.17, 15) is 0 Å². The third-order valence-corrected chi connectivity index (χ3v) is 4.63. The number of benzene rings is 4. The van der Waals surface area contributed by atoms with E-state index in [0.29, 0.717) is 0 Å². The fourth-order valence-electron chi connectivity index (χ4n) is 3.34. The lowest BCUT2D eigenvalue weighted by molar-refractivity contribution is -0.352. The van der Waals surface area contributed by atoms with Crippen LogP contribution in [-0.4, -0.2) is 5.84 Å². The Kier molecular flexibility index (Phi) is 4.71. The molecule has 0 spiro atoms. The SMILES string of the molecule is Cc1cccc(NC(=[NH+]c2cccc(C)c2)c2cccc3ccccc23)c1. The van der Waals surface area contributed by atoms with Crippen molar-refractivity contribution in [3.63, 3.8) is 0 Å². The fourth-order valence-corrected chi connectivity index (χ4v) is 3.34. The normalized spacial score (nSPS) is 11.6. The molecule has 0 saturated heterocycles. The molecule has 0 aromatic heterocycles. The third kappa shape index (κ3) is 3.90.